The third kappa shape index (κ3) is 2.94. The van der Waals surface area contributed by atoms with E-state index in [0.717, 1.165) is 16.8 Å². The van der Waals surface area contributed by atoms with Gasteiger partial charge < -0.3 is 10.0 Å². The Balaban J connectivity index is 2.01. The van der Waals surface area contributed by atoms with Crippen molar-refractivity contribution in [2.75, 3.05) is 18.0 Å². The summed E-state index contributed by atoms with van der Waals surface area (Å²) >= 11 is 0. The molecule has 2 heterocycles. The summed E-state index contributed by atoms with van der Waals surface area (Å²) in [7, 11) is 0. The molecule has 0 unspecified atom stereocenters. The van der Waals surface area contributed by atoms with E-state index < -0.39 is 10.9 Å². The molecule has 0 radical (unpaired) electrons. The Hall–Kier alpha value is -2.70. The summed E-state index contributed by atoms with van der Waals surface area (Å²) in [6.45, 7) is 3.13. The number of aryl methyl sites for hydroxylation is 1. The molecular formula is C16H17N3O4. The van der Waals surface area contributed by atoms with Gasteiger partial charge in [-0.25, -0.2) is 0 Å². The van der Waals surface area contributed by atoms with E-state index in [-0.39, 0.29) is 11.6 Å². The zero-order chi connectivity index (χ0) is 16.6. The normalized spacial score (nSPS) is 15.8. The highest BCUT2D eigenvalue weighted by Gasteiger charge is 2.26. The van der Waals surface area contributed by atoms with E-state index in [0.29, 0.717) is 31.4 Å². The van der Waals surface area contributed by atoms with Crippen LogP contribution in [0.4, 0.5) is 11.4 Å². The van der Waals surface area contributed by atoms with E-state index in [4.69, 9.17) is 5.11 Å². The van der Waals surface area contributed by atoms with Gasteiger partial charge in [0.15, 0.2) is 0 Å². The maximum Gasteiger partial charge on any atom is 0.306 e. The van der Waals surface area contributed by atoms with E-state index in [1.54, 1.807) is 12.1 Å². The van der Waals surface area contributed by atoms with Crippen LogP contribution in [0.3, 0.4) is 0 Å². The molecule has 1 fully saturated rings. The molecule has 2 aromatic rings. The topological polar surface area (TPSA) is 96.6 Å². The Morgan fingerprint density at radius 1 is 1.35 bits per heavy atom. The number of nitro benzene ring substituents is 1. The van der Waals surface area contributed by atoms with E-state index in [9.17, 15) is 14.9 Å². The Morgan fingerprint density at radius 3 is 2.65 bits per heavy atom. The van der Waals surface area contributed by atoms with E-state index >= 15 is 0 Å². The van der Waals surface area contributed by atoms with Gasteiger partial charge in [0.05, 0.1) is 16.4 Å². The molecule has 23 heavy (non-hydrogen) atoms. The molecule has 1 aliphatic rings. The number of anilines is 1. The van der Waals surface area contributed by atoms with Crippen LogP contribution < -0.4 is 4.90 Å². The average molecular weight is 315 g/mol. The molecule has 1 N–H and O–H groups in total. The molecule has 1 aromatic heterocycles. The predicted octanol–water partition coefficient (Wildman–Crippen LogP) is 2.75. The lowest BCUT2D eigenvalue weighted by molar-refractivity contribution is -0.384. The number of nitro groups is 1. The highest BCUT2D eigenvalue weighted by molar-refractivity contribution is 5.93. The minimum Gasteiger partial charge on any atom is -0.481 e. The van der Waals surface area contributed by atoms with Crippen LogP contribution in [0.5, 0.6) is 0 Å². The fourth-order valence-electron chi connectivity index (χ4n) is 3.07. The number of pyridine rings is 1. The number of rotatable bonds is 3. The lowest BCUT2D eigenvalue weighted by Crippen LogP contribution is -2.36. The minimum absolute atomic E-state index is 0.0322. The van der Waals surface area contributed by atoms with E-state index in [2.05, 4.69) is 9.88 Å². The first-order chi connectivity index (χ1) is 11.0. The van der Waals surface area contributed by atoms with Crippen molar-refractivity contribution >= 4 is 28.2 Å². The first-order valence-corrected chi connectivity index (χ1v) is 7.49. The van der Waals surface area contributed by atoms with Crippen LogP contribution in [0.1, 0.15) is 18.5 Å². The van der Waals surface area contributed by atoms with Gasteiger partial charge in [0, 0.05) is 42.0 Å². The quantitative estimate of drug-likeness (QED) is 0.691. The van der Waals surface area contributed by atoms with Gasteiger partial charge in [0.1, 0.15) is 0 Å². The molecule has 1 aliphatic heterocycles. The van der Waals surface area contributed by atoms with E-state index in [1.165, 1.54) is 6.07 Å². The Labute approximate surface area is 132 Å². The largest absolute Gasteiger partial charge is 0.481 e. The molecule has 1 aromatic carbocycles. The second-order valence-electron chi connectivity index (χ2n) is 5.84. The van der Waals surface area contributed by atoms with Crippen LogP contribution in [0.2, 0.25) is 0 Å². The van der Waals surface area contributed by atoms with Crippen molar-refractivity contribution in [2.45, 2.75) is 19.8 Å². The molecule has 0 spiro atoms. The Bertz CT molecular complexity index is 782. The van der Waals surface area contributed by atoms with Crippen molar-refractivity contribution in [2.24, 2.45) is 5.92 Å². The number of piperidine rings is 1. The monoisotopic (exact) mass is 315 g/mol. The third-order valence-electron chi connectivity index (χ3n) is 4.29. The number of non-ortho nitro benzene ring substituents is 1. The first kappa shape index (κ1) is 15.2. The van der Waals surface area contributed by atoms with Crippen LogP contribution in [0, 0.1) is 23.0 Å². The maximum atomic E-state index is 11.1. The van der Waals surface area contributed by atoms with Crippen molar-refractivity contribution in [3.05, 3.63) is 40.1 Å². The summed E-state index contributed by atoms with van der Waals surface area (Å²) < 4.78 is 0. The molecule has 0 atom stereocenters. The number of carbonyl (C=O) groups is 1. The second-order valence-corrected chi connectivity index (χ2v) is 5.84. The predicted molar refractivity (Wildman–Crippen MR) is 85.7 cm³/mol. The van der Waals surface area contributed by atoms with Crippen LogP contribution in [-0.2, 0) is 4.79 Å². The summed E-state index contributed by atoms with van der Waals surface area (Å²) in [5, 5.41) is 20.9. The average Bonchev–Trinajstić information content (AvgIpc) is 2.53. The highest BCUT2D eigenvalue weighted by atomic mass is 16.6. The SMILES string of the molecule is Cc1cc(N2CCC(C(=O)O)CC2)c2cc([N+](=O)[O-])ccc2n1. The number of aromatic nitrogens is 1. The lowest BCUT2D eigenvalue weighted by Gasteiger charge is -2.32. The van der Waals surface area contributed by atoms with Gasteiger partial charge in [-0.1, -0.05) is 0 Å². The number of carboxylic acid groups (broad SMARTS) is 1. The van der Waals surface area contributed by atoms with Crippen molar-refractivity contribution in [3.8, 4) is 0 Å². The third-order valence-corrected chi connectivity index (χ3v) is 4.29. The van der Waals surface area contributed by atoms with Gasteiger partial charge in [-0.3, -0.25) is 19.9 Å². The number of hydrogen-bond acceptors (Lipinski definition) is 5. The summed E-state index contributed by atoms with van der Waals surface area (Å²) in [6, 6.07) is 6.57. The Morgan fingerprint density at radius 2 is 2.04 bits per heavy atom. The number of hydrogen-bond donors (Lipinski definition) is 1. The van der Waals surface area contributed by atoms with Gasteiger partial charge in [0.2, 0.25) is 0 Å². The van der Waals surface area contributed by atoms with Crippen molar-refractivity contribution in [1.29, 1.82) is 0 Å². The number of benzene rings is 1. The summed E-state index contributed by atoms with van der Waals surface area (Å²) in [4.78, 5) is 28.2. The van der Waals surface area contributed by atoms with Crippen LogP contribution in [0.25, 0.3) is 10.9 Å². The zero-order valence-corrected chi connectivity index (χ0v) is 12.7. The van der Waals surface area contributed by atoms with Crippen LogP contribution >= 0.6 is 0 Å². The van der Waals surface area contributed by atoms with E-state index in [1.807, 2.05) is 13.0 Å². The van der Waals surface area contributed by atoms with Gasteiger partial charge in [-0.05, 0) is 31.9 Å². The molecule has 3 rings (SSSR count). The van der Waals surface area contributed by atoms with Crippen molar-refractivity contribution < 1.29 is 14.8 Å². The fourth-order valence-corrected chi connectivity index (χ4v) is 3.07. The Kier molecular flexibility index (Phi) is 3.85. The van der Waals surface area contributed by atoms with Crippen molar-refractivity contribution in [1.82, 2.24) is 4.98 Å². The summed E-state index contributed by atoms with van der Waals surface area (Å²) in [6.07, 6.45) is 1.15. The van der Waals surface area contributed by atoms with Crippen LogP contribution in [-0.4, -0.2) is 34.1 Å². The molecule has 7 nitrogen and oxygen atoms in total. The standard InChI is InChI=1S/C16H17N3O4/c1-10-8-15(18-6-4-11(5-7-18)16(20)21)13-9-12(19(22)23)2-3-14(13)17-10/h2-3,8-9,11H,4-7H2,1H3,(H,20,21). The van der Waals surface area contributed by atoms with Crippen LogP contribution in [0.15, 0.2) is 24.3 Å². The number of aliphatic carboxylic acids is 1. The molecule has 120 valence electrons. The summed E-state index contributed by atoms with van der Waals surface area (Å²) in [5.74, 6) is -1.06. The van der Waals surface area contributed by atoms with Gasteiger partial charge in [-0.15, -0.1) is 0 Å². The lowest BCUT2D eigenvalue weighted by atomic mass is 9.96. The number of fused-ring (bicyclic) bond motifs is 1. The number of carboxylic acids is 1. The summed E-state index contributed by atoms with van der Waals surface area (Å²) in [5.41, 5.74) is 2.47. The molecule has 0 amide bonds. The minimum atomic E-state index is -0.754. The smallest absolute Gasteiger partial charge is 0.306 e. The first-order valence-electron chi connectivity index (χ1n) is 7.49. The highest BCUT2D eigenvalue weighted by Crippen LogP contribution is 2.32. The molecule has 0 saturated carbocycles. The zero-order valence-electron chi connectivity index (χ0n) is 12.7. The number of nitrogens with zero attached hydrogens (tertiary/aromatic N) is 3. The van der Waals surface area contributed by atoms with Crippen molar-refractivity contribution in [3.63, 3.8) is 0 Å². The molecule has 0 aliphatic carbocycles. The van der Waals surface area contributed by atoms with Gasteiger partial charge in [0.25, 0.3) is 5.69 Å². The second kappa shape index (κ2) is 5.83. The fraction of sp³-hybridized carbons (Fsp3) is 0.375. The van der Waals surface area contributed by atoms with Gasteiger partial charge >= 0.3 is 5.97 Å². The van der Waals surface area contributed by atoms with Gasteiger partial charge in [-0.2, -0.15) is 0 Å². The molecular weight excluding hydrogens is 298 g/mol. The molecule has 7 heteroatoms. The molecule has 1 saturated heterocycles. The molecule has 0 bridgehead atoms. The maximum absolute atomic E-state index is 11.1.